The van der Waals surface area contributed by atoms with Crippen LogP contribution in [0.3, 0.4) is 0 Å². The largest absolute Gasteiger partial charge is 0.389 e. The van der Waals surface area contributed by atoms with Crippen molar-refractivity contribution in [1.82, 2.24) is 4.72 Å². The summed E-state index contributed by atoms with van der Waals surface area (Å²) in [4.78, 5) is 0.0800. The molecule has 6 heteroatoms. The summed E-state index contributed by atoms with van der Waals surface area (Å²) in [6.45, 7) is 5.37. The van der Waals surface area contributed by atoms with Crippen LogP contribution in [-0.2, 0) is 10.0 Å². The fraction of sp³-hybridized carbons (Fsp3) is 0.500. The number of nitrogens with zero attached hydrogens (tertiary/aromatic N) is 1. The van der Waals surface area contributed by atoms with Crippen molar-refractivity contribution < 1.29 is 13.5 Å². The van der Waals surface area contributed by atoms with Crippen molar-refractivity contribution in [2.75, 3.05) is 6.54 Å². The van der Waals surface area contributed by atoms with Gasteiger partial charge in [-0.15, -0.1) is 0 Å². The van der Waals surface area contributed by atoms with Gasteiger partial charge in [0.25, 0.3) is 0 Å². The SMILES string of the molecule is CCC(C)C(C)(O)CNS(=O)(=O)c1ccc(C#N)cc1. The molecule has 1 rings (SSSR count). The van der Waals surface area contributed by atoms with Crippen LogP contribution in [0.2, 0.25) is 0 Å². The number of aliphatic hydroxyl groups is 1. The van der Waals surface area contributed by atoms with Crippen LogP contribution in [0.5, 0.6) is 0 Å². The number of benzene rings is 1. The molecule has 0 bridgehead atoms. The van der Waals surface area contributed by atoms with Gasteiger partial charge in [0, 0.05) is 6.54 Å². The van der Waals surface area contributed by atoms with Gasteiger partial charge in [-0.2, -0.15) is 5.26 Å². The van der Waals surface area contributed by atoms with Crippen LogP contribution in [0.25, 0.3) is 0 Å². The van der Waals surface area contributed by atoms with Crippen molar-refractivity contribution in [2.24, 2.45) is 5.92 Å². The van der Waals surface area contributed by atoms with Crippen molar-refractivity contribution in [1.29, 1.82) is 5.26 Å². The molecule has 0 saturated carbocycles. The number of sulfonamides is 1. The van der Waals surface area contributed by atoms with Crippen LogP contribution >= 0.6 is 0 Å². The fourth-order valence-electron chi connectivity index (χ4n) is 1.65. The highest BCUT2D eigenvalue weighted by Crippen LogP contribution is 2.20. The van der Waals surface area contributed by atoms with Gasteiger partial charge in [-0.1, -0.05) is 20.3 Å². The van der Waals surface area contributed by atoms with E-state index in [2.05, 4.69) is 4.72 Å². The van der Waals surface area contributed by atoms with E-state index in [4.69, 9.17) is 5.26 Å². The third-order valence-corrected chi connectivity index (χ3v) is 5.00. The zero-order valence-electron chi connectivity index (χ0n) is 11.9. The maximum Gasteiger partial charge on any atom is 0.240 e. The van der Waals surface area contributed by atoms with Gasteiger partial charge in [-0.3, -0.25) is 0 Å². The molecule has 2 N–H and O–H groups in total. The van der Waals surface area contributed by atoms with Crippen molar-refractivity contribution >= 4 is 10.0 Å². The summed E-state index contributed by atoms with van der Waals surface area (Å²) in [6.07, 6.45) is 0.756. The summed E-state index contributed by atoms with van der Waals surface area (Å²) in [7, 11) is -3.68. The second kappa shape index (κ2) is 6.35. The second-order valence-corrected chi connectivity index (χ2v) is 6.89. The molecule has 0 aliphatic rings. The van der Waals surface area contributed by atoms with Crippen molar-refractivity contribution in [3.8, 4) is 6.07 Å². The monoisotopic (exact) mass is 296 g/mol. The first kappa shape index (κ1) is 16.6. The maximum absolute atomic E-state index is 12.1. The Morgan fingerprint density at radius 2 is 1.95 bits per heavy atom. The van der Waals surface area contributed by atoms with Crippen LogP contribution in [-0.4, -0.2) is 25.7 Å². The zero-order chi connectivity index (χ0) is 15.4. The van der Waals surface area contributed by atoms with E-state index in [0.717, 1.165) is 6.42 Å². The molecule has 0 fully saturated rings. The Bertz CT molecular complexity index is 586. The van der Waals surface area contributed by atoms with Gasteiger partial charge >= 0.3 is 0 Å². The zero-order valence-corrected chi connectivity index (χ0v) is 12.7. The van der Waals surface area contributed by atoms with Crippen molar-refractivity contribution in [2.45, 2.75) is 37.7 Å². The Balaban J connectivity index is 2.83. The molecule has 0 aliphatic carbocycles. The maximum atomic E-state index is 12.1. The van der Waals surface area contributed by atoms with Crippen LogP contribution in [0.1, 0.15) is 32.8 Å². The smallest absolute Gasteiger partial charge is 0.240 e. The van der Waals surface area contributed by atoms with E-state index < -0.39 is 15.6 Å². The molecule has 0 spiro atoms. The molecule has 110 valence electrons. The standard InChI is InChI=1S/C14H20N2O3S/c1-4-11(2)14(3,17)10-16-20(18,19)13-7-5-12(9-15)6-8-13/h5-8,11,16-17H,4,10H2,1-3H3. The van der Waals surface area contributed by atoms with Gasteiger partial charge < -0.3 is 5.11 Å². The second-order valence-electron chi connectivity index (χ2n) is 5.13. The summed E-state index contributed by atoms with van der Waals surface area (Å²) in [5.41, 5.74) is -0.704. The molecule has 20 heavy (non-hydrogen) atoms. The molecule has 1 aromatic rings. The molecule has 0 aliphatic heterocycles. The molecule has 0 aromatic heterocycles. The minimum atomic E-state index is -3.68. The van der Waals surface area contributed by atoms with E-state index >= 15 is 0 Å². The summed E-state index contributed by atoms with van der Waals surface area (Å²) in [5.74, 6) is -0.0221. The van der Waals surface area contributed by atoms with Crippen molar-refractivity contribution in [3.05, 3.63) is 29.8 Å². The van der Waals surface area contributed by atoms with Gasteiger partial charge in [-0.25, -0.2) is 13.1 Å². The molecular weight excluding hydrogens is 276 g/mol. The normalized spacial score (nSPS) is 16.1. The Kier molecular flexibility index (Phi) is 5.28. The molecule has 0 amide bonds. The quantitative estimate of drug-likeness (QED) is 0.835. The highest BCUT2D eigenvalue weighted by molar-refractivity contribution is 7.89. The number of nitriles is 1. The molecule has 0 radical (unpaired) electrons. The number of nitrogens with one attached hydrogen (secondary N) is 1. The third-order valence-electron chi connectivity index (χ3n) is 3.59. The van der Waals surface area contributed by atoms with Gasteiger partial charge in [0.15, 0.2) is 0 Å². The van der Waals surface area contributed by atoms with Gasteiger partial charge in [-0.05, 0) is 37.1 Å². The van der Waals surface area contributed by atoms with E-state index in [0.29, 0.717) is 5.56 Å². The molecule has 0 saturated heterocycles. The molecule has 2 atom stereocenters. The van der Waals surface area contributed by atoms with E-state index in [1.807, 2.05) is 19.9 Å². The first-order chi connectivity index (χ1) is 9.23. The average molecular weight is 296 g/mol. The predicted molar refractivity (Wildman–Crippen MR) is 76.4 cm³/mol. The van der Waals surface area contributed by atoms with Gasteiger partial charge in [0.1, 0.15) is 0 Å². The molecule has 2 unspecified atom stereocenters. The fourth-order valence-corrected chi connectivity index (χ4v) is 2.79. The topological polar surface area (TPSA) is 90.2 Å². The lowest BCUT2D eigenvalue weighted by molar-refractivity contribution is 0.0102. The van der Waals surface area contributed by atoms with Crippen LogP contribution in [0.4, 0.5) is 0 Å². The van der Waals surface area contributed by atoms with Crippen LogP contribution in [0, 0.1) is 17.2 Å². The Morgan fingerprint density at radius 1 is 1.40 bits per heavy atom. The lowest BCUT2D eigenvalue weighted by Crippen LogP contribution is -2.44. The first-order valence-electron chi connectivity index (χ1n) is 6.45. The summed E-state index contributed by atoms with van der Waals surface area (Å²) in [6, 6.07) is 7.57. The van der Waals surface area contributed by atoms with E-state index in [-0.39, 0.29) is 17.4 Å². The number of rotatable bonds is 6. The van der Waals surface area contributed by atoms with E-state index in [9.17, 15) is 13.5 Å². The van der Waals surface area contributed by atoms with E-state index in [1.165, 1.54) is 24.3 Å². The Hall–Kier alpha value is -1.42. The molecule has 5 nitrogen and oxygen atoms in total. The summed E-state index contributed by atoms with van der Waals surface area (Å²) >= 11 is 0. The molecular formula is C14H20N2O3S. The lowest BCUT2D eigenvalue weighted by atomic mass is 9.89. The minimum Gasteiger partial charge on any atom is -0.389 e. The molecule has 1 aromatic carbocycles. The van der Waals surface area contributed by atoms with Gasteiger partial charge in [0.2, 0.25) is 10.0 Å². The Morgan fingerprint density at radius 3 is 2.40 bits per heavy atom. The van der Waals surface area contributed by atoms with Gasteiger partial charge in [0.05, 0.1) is 22.1 Å². The summed E-state index contributed by atoms with van der Waals surface area (Å²) < 4.78 is 26.6. The highest BCUT2D eigenvalue weighted by Gasteiger charge is 2.29. The highest BCUT2D eigenvalue weighted by atomic mass is 32.2. The van der Waals surface area contributed by atoms with Crippen LogP contribution in [0.15, 0.2) is 29.2 Å². The minimum absolute atomic E-state index is 0.0221. The molecule has 0 heterocycles. The average Bonchev–Trinajstić information content (AvgIpc) is 2.44. The van der Waals surface area contributed by atoms with Crippen molar-refractivity contribution in [3.63, 3.8) is 0 Å². The Labute approximate surface area is 120 Å². The number of hydrogen-bond donors (Lipinski definition) is 2. The number of hydrogen-bond acceptors (Lipinski definition) is 4. The predicted octanol–water partition coefficient (Wildman–Crippen LogP) is 1.63. The van der Waals surface area contributed by atoms with E-state index in [1.54, 1.807) is 6.92 Å². The lowest BCUT2D eigenvalue weighted by Gasteiger charge is -2.29. The first-order valence-corrected chi connectivity index (χ1v) is 7.93. The third kappa shape index (κ3) is 4.04. The summed E-state index contributed by atoms with van der Waals surface area (Å²) in [5, 5.41) is 18.9. The van der Waals surface area contributed by atoms with Crippen LogP contribution < -0.4 is 4.72 Å².